The summed E-state index contributed by atoms with van der Waals surface area (Å²) in [6.45, 7) is 2.52. The molecule has 1 aromatic rings. The highest BCUT2D eigenvalue weighted by Gasteiger charge is 2.44. The van der Waals surface area contributed by atoms with E-state index in [4.69, 9.17) is 10.5 Å². The number of alkyl halides is 3. The molecule has 0 aliphatic carbocycles. The van der Waals surface area contributed by atoms with Gasteiger partial charge in [-0.2, -0.15) is 13.2 Å². The number of amides is 1. The largest absolute Gasteiger partial charge is 0.447 e. The van der Waals surface area contributed by atoms with Gasteiger partial charge in [0.25, 0.3) is 0 Å². The lowest BCUT2D eigenvalue weighted by Crippen LogP contribution is -2.45. The first-order chi connectivity index (χ1) is 9.78. The van der Waals surface area contributed by atoms with Crippen molar-refractivity contribution in [3.05, 3.63) is 29.8 Å². The molecular weight excluding hydrogens is 285 g/mol. The van der Waals surface area contributed by atoms with Crippen LogP contribution < -0.4 is 10.6 Å². The van der Waals surface area contributed by atoms with Crippen LogP contribution in [-0.2, 0) is 10.9 Å². The smallest absolute Gasteiger partial charge is 0.416 e. The minimum absolute atomic E-state index is 0.201. The highest BCUT2D eigenvalue weighted by molar-refractivity contribution is 5.91. The molecule has 0 saturated carbocycles. The lowest BCUT2D eigenvalue weighted by atomic mass is 9.95. The van der Waals surface area contributed by atoms with Crippen LogP contribution in [-0.4, -0.2) is 24.8 Å². The molecule has 1 amide bonds. The maximum atomic E-state index is 12.6. The molecule has 1 unspecified atom stereocenters. The van der Waals surface area contributed by atoms with Crippen molar-refractivity contribution >= 4 is 11.8 Å². The van der Waals surface area contributed by atoms with E-state index in [2.05, 4.69) is 0 Å². The molecule has 0 spiro atoms. The Morgan fingerprint density at radius 1 is 1.33 bits per heavy atom. The summed E-state index contributed by atoms with van der Waals surface area (Å²) in [5, 5.41) is 0. The number of carbonyl (C=O) groups is 1. The van der Waals surface area contributed by atoms with E-state index >= 15 is 0 Å². The monoisotopic (exact) mass is 302 g/mol. The summed E-state index contributed by atoms with van der Waals surface area (Å²) in [4.78, 5) is 13.3. The van der Waals surface area contributed by atoms with Crippen LogP contribution in [0.5, 0.6) is 0 Å². The molecule has 2 N–H and O–H groups in total. The standard InChI is InChI=1S/C14H17F3N2O2/c1-13(7-2-8-18)9-21-12(20)19(13)11-5-3-10(4-6-11)14(15,16)17/h3-6H,2,7-9,18H2,1H3. The summed E-state index contributed by atoms with van der Waals surface area (Å²) in [5.74, 6) is 0. The molecule has 1 aromatic carbocycles. The Morgan fingerprint density at radius 3 is 2.48 bits per heavy atom. The van der Waals surface area contributed by atoms with Gasteiger partial charge in [-0.1, -0.05) is 0 Å². The van der Waals surface area contributed by atoms with Crippen molar-refractivity contribution in [1.82, 2.24) is 0 Å². The molecule has 4 nitrogen and oxygen atoms in total. The number of benzene rings is 1. The highest BCUT2D eigenvalue weighted by Crippen LogP contribution is 2.36. The zero-order valence-electron chi connectivity index (χ0n) is 11.6. The van der Waals surface area contributed by atoms with E-state index in [1.54, 1.807) is 0 Å². The lowest BCUT2D eigenvalue weighted by molar-refractivity contribution is -0.137. The van der Waals surface area contributed by atoms with Crippen LogP contribution in [0.1, 0.15) is 25.3 Å². The number of halogens is 3. The maximum Gasteiger partial charge on any atom is 0.416 e. The normalized spacial score (nSPS) is 22.5. The number of rotatable bonds is 4. The van der Waals surface area contributed by atoms with Crippen molar-refractivity contribution in [1.29, 1.82) is 0 Å². The Bertz CT molecular complexity index is 516. The minimum atomic E-state index is -4.40. The first-order valence-electron chi connectivity index (χ1n) is 6.62. The van der Waals surface area contributed by atoms with Gasteiger partial charge in [0.15, 0.2) is 0 Å². The number of cyclic esters (lactones) is 1. The molecule has 1 aliphatic heterocycles. The van der Waals surface area contributed by atoms with Crippen molar-refractivity contribution in [2.75, 3.05) is 18.1 Å². The second-order valence-corrected chi connectivity index (χ2v) is 5.32. The van der Waals surface area contributed by atoms with E-state index in [1.807, 2.05) is 6.92 Å². The van der Waals surface area contributed by atoms with Gasteiger partial charge in [0.2, 0.25) is 0 Å². The van der Waals surface area contributed by atoms with E-state index in [0.29, 0.717) is 25.1 Å². The maximum absolute atomic E-state index is 12.6. The zero-order chi connectivity index (χ0) is 15.7. The van der Waals surface area contributed by atoms with Crippen molar-refractivity contribution in [3.63, 3.8) is 0 Å². The quantitative estimate of drug-likeness (QED) is 0.929. The summed E-state index contributed by atoms with van der Waals surface area (Å²) in [6.07, 6.45) is -3.62. The molecule has 0 radical (unpaired) electrons. The van der Waals surface area contributed by atoms with Gasteiger partial charge in [-0.05, 0) is 50.6 Å². The fourth-order valence-corrected chi connectivity index (χ4v) is 2.45. The summed E-state index contributed by atoms with van der Waals surface area (Å²) in [7, 11) is 0. The fourth-order valence-electron chi connectivity index (χ4n) is 2.45. The Labute approximate surface area is 120 Å². The average Bonchev–Trinajstić information content (AvgIpc) is 2.72. The molecule has 116 valence electrons. The fraction of sp³-hybridized carbons (Fsp3) is 0.500. The number of carbonyl (C=O) groups excluding carboxylic acids is 1. The first-order valence-corrected chi connectivity index (χ1v) is 6.62. The Kier molecular flexibility index (Phi) is 4.13. The second kappa shape index (κ2) is 5.55. The van der Waals surface area contributed by atoms with Crippen molar-refractivity contribution in [2.24, 2.45) is 5.73 Å². The number of nitrogens with two attached hydrogens (primary N) is 1. The molecule has 7 heteroatoms. The molecule has 21 heavy (non-hydrogen) atoms. The number of ether oxygens (including phenoxy) is 1. The van der Waals surface area contributed by atoms with E-state index in [9.17, 15) is 18.0 Å². The van der Waals surface area contributed by atoms with E-state index in [0.717, 1.165) is 12.1 Å². The number of hydrogen-bond acceptors (Lipinski definition) is 3. The summed E-state index contributed by atoms with van der Waals surface area (Å²) < 4.78 is 42.8. The van der Waals surface area contributed by atoms with Gasteiger partial charge >= 0.3 is 12.3 Å². The molecule has 1 fully saturated rings. The molecule has 1 saturated heterocycles. The number of nitrogens with zero attached hydrogens (tertiary/aromatic N) is 1. The van der Waals surface area contributed by atoms with Crippen LogP contribution in [0.4, 0.5) is 23.7 Å². The Morgan fingerprint density at radius 2 is 1.95 bits per heavy atom. The van der Waals surface area contributed by atoms with Gasteiger partial charge in [-0.25, -0.2) is 4.79 Å². The molecule has 1 heterocycles. The third-order valence-corrected chi connectivity index (χ3v) is 3.60. The van der Waals surface area contributed by atoms with Crippen molar-refractivity contribution in [3.8, 4) is 0 Å². The van der Waals surface area contributed by atoms with Crippen LogP contribution >= 0.6 is 0 Å². The second-order valence-electron chi connectivity index (χ2n) is 5.32. The highest BCUT2D eigenvalue weighted by atomic mass is 19.4. The molecule has 0 aromatic heterocycles. The average molecular weight is 302 g/mol. The van der Waals surface area contributed by atoms with Crippen LogP contribution in [0.3, 0.4) is 0 Å². The summed E-state index contributed by atoms with van der Waals surface area (Å²) >= 11 is 0. The molecular formula is C14H17F3N2O2. The Balaban J connectivity index is 2.27. The van der Waals surface area contributed by atoms with Crippen molar-refractivity contribution in [2.45, 2.75) is 31.5 Å². The van der Waals surface area contributed by atoms with Crippen LogP contribution in [0.2, 0.25) is 0 Å². The molecule has 1 aliphatic rings. The third kappa shape index (κ3) is 3.12. The Hall–Kier alpha value is -1.76. The van der Waals surface area contributed by atoms with Gasteiger partial charge in [-0.15, -0.1) is 0 Å². The van der Waals surface area contributed by atoms with Crippen molar-refractivity contribution < 1.29 is 22.7 Å². The predicted octanol–water partition coefficient (Wildman–Crippen LogP) is 3.16. The van der Waals surface area contributed by atoms with Gasteiger partial charge in [0, 0.05) is 5.69 Å². The summed E-state index contributed by atoms with van der Waals surface area (Å²) in [6, 6.07) is 4.50. The molecule has 2 rings (SSSR count). The number of hydrogen-bond donors (Lipinski definition) is 1. The van der Waals surface area contributed by atoms with Crippen LogP contribution in [0.25, 0.3) is 0 Å². The predicted molar refractivity (Wildman–Crippen MR) is 72.0 cm³/mol. The lowest BCUT2D eigenvalue weighted by Gasteiger charge is -2.32. The van der Waals surface area contributed by atoms with Crippen LogP contribution in [0.15, 0.2) is 24.3 Å². The minimum Gasteiger partial charge on any atom is -0.447 e. The van der Waals surface area contributed by atoms with E-state index in [1.165, 1.54) is 17.0 Å². The zero-order valence-corrected chi connectivity index (χ0v) is 11.6. The first kappa shape index (κ1) is 15.6. The summed E-state index contributed by atoms with van der Waals surface area (Å²) in [5.41, 5.74) is 4.54. The van der Waals surface area contributed by atoms with Gasteiger partial charge in [0.05, 0.1) is 11.1 Å². The number of anilines is 1. The van der Waals surface area contributed by atoms with Gasteiger partial charge < -0.3 is 10.5 Å². The third-order valence-electron chi connectivity index (χ3n) is 3.60. The van der Waals surface area contributed by atoms with Gasteiger partial charge in [-0.3, -0.25) is 4.90 Å². The van der Waals surface area contributed by atoms with Gasteiger partial charge in [0.1, 0.15) is 6.61 Å². The molecule has 0 bridgehead atoms. The van der Waals surface area contributed by atoms with E-state index in [-0.39, 0.29) is 6.61 Å². The molecule has 1 atom stereocenters. The van der Waals surface area contributed by atoms with E-state index < -0.39 is 23.4 Å². The topological polar surface area (TPSA) is 55.6 Å². The van der Waals surface area contributed by atoms with Crippen LogP contribution in [0, 0.1) is 0 Å². The SMILES string of the molecule is CC1(CCCN)COC(=O)N1c1ccc(C(F)(F)F)cc1.